The van der Waals surface area contributed by atoms with Gasteiger partial charge in [-0.25, -0.2) is 4.98 Å². The first-order valence-corrected chi connectivity index (χ1v) is 11.2. The van der Waals surface area contributed by atoms with Crippen LogP contribution in [-0.4, -0.2) is 15.8 Å². The van der Waals surface area contributed by atoms with E-state index < -0.39 is 11.7 Å². The molecule has 0 radical (unpaired) electrons. The van der Waals surface area contributed by atoms with Gasteiger partial charge in [-0.05, 0) is 46.9 Å². The topological polar surface area (TPSA) is 48.0 Å². The van der Waals surface area contributed by atoms with Crippen LogP contribution in [0.15, 0.2) is 71.1 Å². The predicted octanol–water partition coefficient (Wildman–Crippen LogP) is 7.63. The monoisotopic (exact) mass is 476 g/mol. The van der Waals surface area contributed by atoms with Gasteiger partial charge in [0.25, 0.3) is 0 Å². The summed E-state index contributed by atoms with van der Waals surface area (Å²) in [6.07, 6.45) is -3.74. The van der Waals surface area contributed by atoms with E-state index >= 15 is 0 Å². The summed E-state index contributed by atoms with van der Waals surface area (Å²) < 4.78 is 47.5. The van der Waals surface area contributed by atoms with Crippen LogP contribution in [0.2, 0.25) is 0 Å². The third-order valence-electron chi connectivity index (χ3n) is 6.19. The van der Waals surface area contributed by atoms with Crippen LogP contribution in [0.25, 0.3) is 33.5 Å². The standard InChI is InChI=1S/C28H23F3N2O2/c1-27(2,3)18-11-12-24-21(14-18)32-26(35-24)25-20-9-4-5-10-22(20)33(23(25)16-34)15-17-7-6-8-19(13-17)28(29,30)31/h4-14,16H,15H2,1-3H3. The third kappa shape index (κ3) is 4.11. The number of para-hydroxylation sites is 1. The van der Waals surface area contributed by atoms with Crippen LogP contribution < -0.4 is 0 Å². The molecule has 0 unspecified atom stereocenters. The molecule has 4 nitrogen and oxygen atoms in total. The van der Waals surface area contributed by atoms with Crippen molar-refractivity contribution >= 4 is 28.3 Å². The number of nitrogens with zero attached hydrogens (tertiary/aromatic N) is 2. The third-order valence-corrected chi connectivity index (χ3v) is 6.19. The second-order valence-corrected chi connectivity index (χ2v) is 9.63. The number of hydrogen-bond donors (Lipinski definition) is 0. The Morgan fingerprint density at radius 3 is 2.43 bits per heavy atom. The average Bonchev–Trinajstić information content (AvgIpc) is 3.36. The lowest BCUT2D eigenvalue weighted by atomic mass is 9.87. The Morgan fingerprint density at radius 1 is 0.943 bits per heavy atom. The minimum absolute atomic E-state index is 0.0672. The molecule has 0 saturated heterocycles. The van der Waals surface area contributed by atoms with E-state index in [4.69, 9.17) is 9.40 Å². The minimum Gasteiger partial charge on any atom is -0.436 e. The molecule has 0 saturated carbocycles. The van der Waals surface area contributed by atoms with Crippen molar-refractivity contribution in [3.8, 4) is 11.5 Å². The molecule has 0 aliphatic heterocycles. The summed E-state index contributed by atoms with van der Waals surface area (Å²) in [6.45, 7) is 6.43. The maximum atomic E-state index is 13.3. The Labute approximate surface area is 200 Å². The van der Waals surface area contributed by atoms with Gasteiger partial charge in [0.05, 0.1) is 16.8 Å². The molecule has 3 aromatic carbocycles. The first-order valence-electron chi connectivity index (χ1n) is 11.2. The number of aldehydes is 1. The smallest absolute Gasteiger partial charge is 0.416 e. The number of halogens is 3. The maximum Gasteiger partial charge on any atom is 0.416 e. The summed E-state index contributed by atoms with van der Waals surface area (Å²) in [7, 11) is 0. The van der Waals surface area contributed by atoms with E-state index in [1.807, 2.05) is 42.5 Å². The number of rotatable bonds is 4. The van der Waals surface area contributed by atoms with Gasteiger partial charge in [0, 0.05) is 17.4 Å². The van der Waals surface area contributed by atoms with E-state index in [2.05, 4.69) is 20.8 Å². The summed E-state index contributed by atoms with van der Waals surface area (Å²) >= 11 is 0. The molecule has 0 aliphatic carbocycles. The zero-order valence-electron chi connectivity index (χ0n) is 19.5. The van der Waals surface area contributed by atoms with Crippen molar-refractivity contribution in [3.05, 3.63) is 89.1 Å². The van der Waals surface area contributed by atoms with Crippen molar-refractivity contribution in [2.24, 2.45) is 0 Å². The minimum atomic E-state index is -4.45. The molecule has 0 aliphatic rings. The van der Waals surface area contributed by atoms with Gasteiger partial charge in [0.1, 0.15) is 5.52 Å². The summed E-state index contributed by atoms with van der Waals surface area (Å²) in [5, 5.41) is 0.740. The van der Waals surface area contributed by atoms with Crippen molar-refractivity contribution in [1.82, 2.24) is 9.55 Å². The second-order valence-electron chi connectivity index (χ2n) is 9.63. The highest BCUT2D eigenvalue weighted by Crippen LogP contribution is 2.37. The molecule has 0 amide bonds. The van der Waals surface area contributed by atoms with Crippen LogP contribution in [-0.2, 0) is 18.1 Å². The van der Waals surface area contributed by atoms with Crippen LogP contribution in [0.1, 0.15) is 48.0 Å². The number of carbonyl (C=O) groups excluding carboxylic acids is 1. The lowest BCUT2D eigenvalue weighted by molar-refractivity contribution is -0.137. The zero-order chi connectivity index (χ0) is 25.0. The van der Waals surface area contributed by atoms with Gasteiger partial charge < -0.3 is 8.98 Å². The molecule has 0 atom stereocenters. The SMILES string of the molecule is CC(C)(C)c1ccc2oc(-c3c(C=O)n(Cc4cccc(C(F)(F)F)c4)c4ccccc34)nc2c1. The van der Waals surface area contributed by atoms with Crippen molar-refractivity contribution in [3.63, 3.8) is 0 Å². The van der Waals surface area contributed by atoms with Crippen LogP contribution in [0.4, 0.5) is 13.2 Å². The Bertz CT molecular complexity index is 1570. The van der Waals surface area contributed by atoms with Gasteiger partial charge >= 0.3 is 6.18 Å². The van der Waals surface area contributed by atoms with Gasteiger partial charge in [-0.15, -0.1) is 0 Å². The normalized spacial score (nSPS) is 12.5. The molecular formula is C28H23F3N2O2. The molecule has 35 heavy (non-hydrogen) atoms. The molecular weight excluding hydrogens is 453 g/mol. The first-order chi connectivity index (χ1) is 16.6. The predicted molar refractivity (Wildman–Crippen MR) is 130 cm³/mol. The van der Waals surface area contributed by atoms with E-state index in [-0.39, 0.29) is 12.0 Å². The van der Waals surface area contributed by atoms with E-state index in [1.165, 1.54) is 6.07 Å². The Kier molecular flexibility index (Phi) is 5.31. The van der Waals surface area contributed by atoms with Gasteiger partial charge in [0.15, 0.2) is 11.9 Å². The number of hydrogen-bond acceptors (Lipinski definition) is 3. The second kappa shape index (κ2) is 8.12. The Balaban J connectivity index is 1.68. The van der Waals surface area contributed by atoms with Gasteiger partial charge in [-0.1, -0.05) is 57.2 Å². The van der Waals surface area contributed by atoms with Crippen LogP contribution >= 0.6 is 0 Å². The Morgan fingerprint density at radius 2 is 1.71 bits per heavy atom. The molecule has 5 rings (SSSR count). The molecule has 7 heteroatoms. The molecule has 0 bridgehead atoms. The van der Waals surface area contributed by atoms with Crippen LogP contribution in [0.5, 0.6) is 0 Å². The van der Waals surface area contributed by atoms with Gasteiger partial charge in [-0.2, -0.15) is 13.2 Å². The lowest BCUT2D eigenvalue weighted by Crippen LogP contribution is -2.10. The van der Waals surface area contributed by atoms with E-state index in [0.717, 1.165) is 23.1 Å². The molecule has 2 heterocycles. The number of benzene rings is 3. The zero-order valence-corrected chi connectivity index (χ0v) is 19.5. The molecule has 0 N–H and O–H groups in total. The fraction of sp³-hybridized carbons (Fsp3) is 0.214. The van der Waals surface area contributed by atoms with Crippen molar-refractivity contribution in [2.75, 3.05) is 0 Å². The quantitative estimate of drug-likeness (QED) is 0.251. The fourth-order valence-electron chi connectivity index (χ4n) is 4.37. The highest BCUT2D eigenvalue weighted by atomic mass is 19.4. The largest absolute Gasteiger partial charge is 0.436 e. The van der Waals surface area contributed by atoms with Crippen molar-refractivity contribution in [1.29, 1.82) is 0 Å². The van der Waals surface area contributed by atoms with Crippen LogP contribution in [0, 0.1) is 0 Å². The van der Waals surface area contributed by atoms with E-state index in [0.29, 0.717) is 45.6 Å². The van der Waals surface area contributed by atoms with Crippen molar-refractivity contribution < 1.29 is 22.4 Å². The lowest BCUT2D eigenvalue weighted by Gasteiger charge is -2.18. The Hall–Kier alpha value is -3.87. The average molecular weight is 476 g/mol. The van der Waals surface area contributed by atoms with Crippen LogP contribution in [0.3, 0.4) is 0 Å². The summed E-state index contributed by atoms with van der Waals surface area (Å²) in [4.78, 5) is 17.0. The van der Waals surface area contributed by atoms with Gasteiger partial charge in [0.2, 0.25) is 5.89 Å². The number of fused-ring (bicyclic) bond motifs is 2. The summed E-state index contributed by atoms with van der Waals surface area (Å²) in [6, 6.07) is 18.3. The highest BCUT2D eigenvalue weighted by Gasteiger charge is 2.30. The van der Waals surface area contributed by atoms with Crippen molar-refractivity contribution in [2.45, 2.75) is 38.9 Å². The van der Waals surface area contributed by atoms with E-state index in [9.17, 15) is 18.0 Å². The molecule has 178 valence electrons. The van der Waals surface area contributed by atoms with Gasteiger partial charge in [-0.3, -0.25) is 4.79 Å². The number of oxazole rings is 1. The summed E-state index contributed by atoms with van der Waals surface area (Å²) in [5.41, 5.74) is 3.55. The number of aromatic nitrogens is 2. The summed E-state index contributed by atoms with van der Waals surface area (Å²) in [5.74, 6) is 0.298. The molecule has 2 aromatic heterocycles. The van der Waals surface area contributed by atoms with E-state index in [1.54, 1.807) is 10.6 Å². The highest BCUT2D eigenvalue weighted by molar-refractivity contribution is 6.04. The first kappa shape index (κ1) is 22.9. The molecule has 0 fully saturated rings. The maximum absolute atomic E-state index is 13.3. The number of alkyl halides is 3. The number of carbonyl (C=O) groups is 1. The molecule has 0 spiro atoms. The molecule has 5 aromatic rings. The fourth-order valence-corrected chi connectivity index (χ4v) is 4.37.